The maximum atomic E-state index is 12.3. The van der Waals surface area contributed by atoms with Crippen LogP contribution in [0.1, 0.15) is 37.4 Å². The van der Waals surface area contributed by atoms with Crippen LogP contribution in [-0.4, -0.2) is 47.1 Å². The molecule has 2 aliphatic heterocycles. The number of urea groups is 1. The molecule has 1 N–H and O–H groups in total. The molecule has 1 saturated heterocycles. The first-order valence-electron chi connectivity index (χ1n) is 10.1. The zero-order valence-electron chi connectivity index (χ0n) is 16.4. The number of ether oxygens (including phenoxy) is 1. The minimum atomic E-state index is -0.0566. The first kappa shape index (κ1) is 18.5. The number of fused-ring (bicyclic) bond motifs is 1. The van der Waals surface area contributed by atoms with Crippen LogP contribution in [0.5, 0.6) is 11.6 Å². The van der Waals surface area contributed by atoms with Gasteiger partial charge in [-0.25, -0.2) is 9.78 Å². The van der Waals surface area contributed by atoms with Crippen molar-refractivity contribution in [1.29, 1.82) is 0 Å². The molecule has 148 valence electrons. The van der Waals surface area contributed by atoms with Crippen molar-refractivity contribution < 1.29 is 9.53 Å². The number of nitrogens with one attached hydrogen (secondary N) is 1. The normalized spacial score (nSPS) is 16.5. The highest BCUT2D eigenvalue weighted by atomic mass is 16.5. The summed E-state index contributed by atoms with van der Waals surface area (Å²) in [5, 5.41) is 2.88. The average molecular weight is 381 g/mol. The second-order valence-electron chi connectivity index (χ2n) is 7.22. The number of piperidine rings is 1. The Morgan fingerprint density at radius 2 is 1.89 bits per heavy atom. The van der Waals surface area contributed by atoms with E-state index < -0.39 is 0 Å². The van der Waals surface area contributed by atoms with Crippen molar-refractivity contribution in [3.8, 4) is 11.6 Å². The van der Waals surface area contributed by atoms with Crippen LogP contribution in [0, 0.1) is 0 Å². The number of para-hydroxylation sites is 1. The van der Waals surface area contributed by atoms with Crippen LogP contribution in [0.25, 0.3) is 0 Å². The molecule has 4 rings (SSSR count). The van der Waals surface area contributed by atoms with Crippen molar-refractivity contribution in [3.05, 3.63) is 41.6 Å². The van der Waals surface area contributed by atoms with Gasteiger partial charge in [0.25, 0.3) is 0 Å². The van der Waals surface area contributed by atoms with Gasteiger partial charge in [-0.2, -0.15) is 4.98 Å². The molecular formula is C21H27N5O2. The molecule has 0 aliphatic carbocycles. The lowest BCUT2D eigenvalue weighted by atomic mass is 10.1. The van der Waals surface area contributed by atoms with Crippen LogP contribution < -0.4 is 15.0 Å². The molecule has 3 heterocycles. The molecule has 2 amide bonds. The summed E-state index contributed by atoms with van der Waals surface area (Å²) in [5.41, 5.74) is 1.89. The number of anilines is 1. The lowest BCUT2D eigenvalue weighted by molar-refractivity contribution is 0.191. The molecule has 0 bridgehead atoms. The Morgan fingerprint density at radius 3 is 2.64 bits per heavy atom. The minimum absolute atomic E-state index is 0.0566. The molecule has 0 unspecified atom stereocenters. The van der Waals surface area contributed by atoms with Crippen LogP contribution in [-0.2, 0) is 13.0 Å². The maximum absolute atomic E-state index is 12.3. The molecule has 28 heavy (non-hydrogen) atoms. The first-order valence-corrected chi connectivity index (χ1v) is 10.1. The van der Waals surface area contributed by atoms with Crippen molar-refractivity contribution in [1.82, 2.24) is 20.2 Å². The van der Waals surface area contributed by atoms with Gasteiger partial charge in [0, 0.05) is 32.6 Å². The summed E-state index contributed by atoms with van der Waals surface area (Å²) < 4.78 is 6.16. The van der Waals surface area contributed by atoms with Crippen LogP contribution in [0.4, 0.5) is 10.7 Å². The molecule has 0 spiro atoms. The molecule has 7 nitrogen and oxygen atoms in total. The van der Waals surface area contributed by atoms with Crippen LogP contribution in [0.15, 0.2) is 30.3 Å². The van der Waals surface area contributed by atoms with Gasteiger partial charge in [0.2, 0.25) is 11.8 Å². The smallest absolute Gasteiger partial charge is 0.317 e. The fourth-order valence-electron chi connectivity index (χ4n) is 3.73. The zero-order chi connectivity index (χ0) is 19.3. The molecule has 0 radical (unpaired) electrons. The van der Waals surface area contributed by atoms with E-state index in [0.29, 0.717) is 31.9 Å². The van der Waals surface area contributed by atoms with E-state index in [2.05, 4.69) is 10.2 Å². The Balaban J connectivity index is 1.67. The van der Waals surface area contributed by atoms with Crippen LogP contribution in [0.3, 0.4) is 0 Å². The molecular weight excluding hydrogens is 354 g/mol. The van der Waals surface area contributed by atoms with Crippen molar-refractivity contribution in [2.75, 3.05) is 31.1 Å². The fraction of sp³-hybridized carbons (Fsp3) is 0.476. The summed E-state index contributed by atoms with van der Waals surface area (Å²) in [6.07, 6.45) is 4.30. The lowest BCUT2D eigenvalue weighted by Gasteiger charge is -2.31. The quantitative estimate of drug-likeness (QED) is 0.879. The standard InChI is InChI=1S/C21H27N5O2/c1-2-22-21(27)26-14-11-18-17(15-26)19(28-16-9-5-3-6-10-16)24-20(23-18)25-12-7-4-8-13-25/h3,5-6,9-10H,2,4,7-8,11-15H2,1H3,(H,22,27). The second-order valence-corrected chi connectivity index (χ2v) is 7.22. The average Bonchev–Trinajstić information content (AvgIpc) is 2.75. The van der Waals surface area contributed by atoms with Gasteiger partial charge in [0.1, 0.15) is 5.75 Å². The van der Waals surface area contributed by atoms with Crippen molar-refractivity contribution in [2.45, 2.75) is 39.2 Å². The third-order valence-corrected chi connectivity index (χ3v) is 5.22. The third-order valence-electron chi connectivity index (χ3n) is 5.22. The van der Waals surface area contributed by atoms with E-state index in [1.165, 1.54) is 19.3 Å². The largest absolute Gasteiger partial charge is 0.438 e. The fourth-order valence-corrected chi connectivity index (χ4v) is 3.73. The summed E-state index contributed by atoms with van der Waals surface area (Å²) in [6, 6.07) is 9.61. The highest BCUT2D eigenvalue weighted by molar-refractivity contribution is 5.74. The molecule has 1 aromatic heterocycles. The zero-order valence-corrected chi connectivity index (χ0v) is 16.4. The first-order chi connectivity index (χ1) is 13.7. The van der Waals surface area contributed by atoms with Crippen molar-refractivity contribution >= 4 is 12.0 Å². The summed E-state index contributed by atoms with van der Waals surface area (Å²) in [5.74, 6) is 2.05. The Morgan fingerprint density at radius 1 is 1.11 bits per heavy atom. The lowest BCUT2D eigenvalue weighted by Crippen LogP contribution is -2.43. The summed E-state index contributed by atoms with van der Waals surface area (Å²) in [6.45, 7) is 5.61. The van der Waals surface area contributed by atoms with E-state index in [0.717, 1.165) is 36.0 Å². The van der Waals surface area contributed by atoms with E-state index in [1.54, 1.807) is 4.90 Å². The number of hydrogen-bond donors (Lipinski definition) is 1. The minimum Gasteiger partial charge on any atom is -0.438 e. The number of aromatic nitrogens is 2. The maximum Gasteiger partial charge on any atom is 0.317 e. The molecule has 2 aliphatic rings. The summed E-state index contributed by atoms with van der Waals surface area (Å²) in [4.78, 5) is 26.0. The topological polar surface area (TPSA) is 70.6 Å². The Labute approximate surface area is 165 Å². The highest BCUT2D eigenvalue weighted by Crippen LogP contribution is 2.32. The molecule has 0 saturated carbocycles. The number of nitrogens with zero attached hydrogens (tertiary/aromatic N) is 4. The van der Waals surface area contributed by atoms with Gasteiger partial charge in [-0.3, -0.25) is 0 Å². The van der Waals surface area contributed by atoms with E-state index in [1.807, 2.05) is 37.3 Å². The third kappa shape index (κ3) is 4.03. The number of carbonyl (C=O) groups is 1. The van der Waals surface area contributed by atoms with Gasteiger partial charge < -0.3 is 19.9 Å². The number of carbonyl (C=O) groups excluding carboxylic acids is 1. The predicted molar refractivity (Wildman–Crippen MR) is 108 cm³/mol. The van der Waals surface area contributed by atoms with Gasteiger partial charge >= 0.3 is 6.03 Å². The molecule has 1 fully saturated rings. The summed E-state index contributed by atoms with van der Waals surface area (Å²) >= 11 is 0. The molecule has 1 aromatic carbocycles. The number of amides is 2. The van der Waals surface area contributed by atoms with Gasteiger partial charge in [0.05, 0.1) is 17.8 Å². The Kier molecular flexibility index (Phi) is 5.60. The van der Waals surface area contributed by atoms with Gasteiger partial charge in [-0.15, -0.1) is 0 Å². The van der Waals surface area contributed by atoms with E-state index in [4.69, 9.17) is 14.7 Å². The predicted octanol–water partition coefficient (Wildman–Crippen LogP) is 3.35. The monoisotopic (exact) mass is 381 g/mol. The van der Waals surface area contributed by atoms with Gasteiger partial charge in [0.15, 0.2) is 0 Å². The SMILES string of the molecule is CCNC(=O)N1CCc2nc(N3CCCCC3)nc(Oc3ccccc3)c2C1. The Bertz CT molecular complexity index is 821. The molecule has 7 heteroatoms. The van der Waals surface area contributed by atoms with Crippen molar-refractivity contribution in [3.63, 3.8) is 0 Å². The van der Waals surface area contributed by atoms with Gasteiger partial charge in [-0.05, 0) is 38.3 Å². The van der Waals surface area contributed by atoms with Gasteiger partial charge in [-0.1, -0.05) is 18.2 Å². The molecule has 2 aromatic rings. The van der Waals surface area contributed by atoms with E-state index in [9.17, 15) is 4.79 Å². The Hall–Kier alpha value is -2.83. The van der Waals surface area contributed by atoms with Crippen molar-refractivity contribution in [2.24, 2.45) is 0 Å². The molecule has 0 atom stereocenters. The number of rotatable bonds is 4. The van der Waals surface area contributed by atoms with Crippen LogP contribution in [0.2, 0.25) is 0 Å². The summed E-state index contributed by atoms with van der Waals surface area (Å²) in [7, 11) is 0. The second kappa shape index (κ2) is 8.46. The van der Waals surface area contributed by atoms with E-state index in [-0.39, 0.29) is 6.03 Å². The number of hydrogen-bond acceptors (Lipinski definition) is 5. The van der Waals surface area contributed by atoms with Crippen LogP contribution >= 0.6 is 0 Å². The highest BCUT2D eigenvalue weighted by Gasteiger charge is 2.28. The number of benzene rings is 1. The van der Waals surface area contributed by atoms with E-state index >= 15 is 0 Å².